The van der Waals surface area contributed by atoms with Crippen molar-refractivity contribution in [3.05, 3.63) is 34.6 Å². The lowest BCUT2D eigenvalue weighted by Gasteiger charge is -2.31. The maximum Gasteiger partial charge on any atom is 0.324 e. The molecule has 1 spiro atoms. The zero-order chi connectivity index (χ0) is 19.2. The third-order valence-corrected chi connectivity index (χ3v) is 7.41. The topological polar surface area (TPSA) is 52.6 Å². The van der Waals surface area contributed by atoms with Gasteiger partial charge in [-0.1, -0.05) is 22.0 Å². The Morgan fingerprint density at radius 2 is 2.00 bits per heavy atom. The minimum absolute atomic E-state index is 0.0528. The van der Waals surface area contributed by atoms with Crippen LogP contribution in [0.1, 0.15) is 53.6 Å². The molecule has 1 heterocycles. The van der Waals surface area contributed by atoms with Gasteiger partial charge in [0.05, 0.1) is 12.5 Å². The van der Waals surface area contributed by atoms with Crippen LogP contribution in [0.3, 0.4) is 0 Å². The third kappa shape index (κ3) is 3.15. The van der Waals surface area contributed by atoms with Crippen LogP contribution in [0.4, 0.5) is 4.39 Å². The van der Waals surface area contributed by atoms with Gasteiger partial charge in [0.25, 0.3) is 0 Å². The van der Waals surface area contributed by atoms with Crippen LogP contribution in [-0.4, -0.2) is 32.1 Å². The number of rotatable bonds is 3. The first-order valence-electron chi connectivity index (χ1n) is 9.65. The number of ketones is 1. The lowest BCUT2D eigenvalue weighted by atomic mass is 9.75. The number of fused-ring (bicyclic) bond motifs is 2. The Hall–Kier alpha value is -1.27. The van der Waals surface area contributed by atoms with Crippen molar-refractivity contribution < 1.29 is 23.5 Å². The number of benzene rings is 1. The fourth-order valence-electron chi connectivity index (χ4n) is 4.99. The Morgan fingerprint density at radius 3 is 2.63 bits per heavy atom. The van der Waals surface area contributed by atoms with E-state index in [0.717, 1.165) is 31.2 Å². The highest BCUT2D eigenvalue weighted by molar-refractivity contribution is 9.09. The first kappa shape index (κ1) is 19.1. The molecule has 0 aromatic heterocycles. The molecule has 1 aromatic rings. The van der Waals surface area contributed by atoms with E-state index in [0.29, 0.717) is 43.1 Å². The first-order valence-corrected chi connectivity index (χ1v) is 10.6. The number of hydrogen-bond donors (Lipinski definition) is 0. The van der Waals surface area contributed by atoms with Gasteiger partial charge in [0.2, 0.25) is 0 Å². The molecule has 3 aliphatic rings. The van der Waals surface area contributed by atoms with Gasteiger partial charge in [-0.2, -0.15) is 0 Å². The smallest absolute Gasteiger partial charge is 0.324 e. The second-order valence-corrected chi connectivity index (χ2v) is 8.83. The molecular weight excluding hydrogens is 415 g/mol. The molecule has 0 N–H and O–H groups in total. The molecule has 1 aliphatic heterocycles. The summed E-state index contributed by atoms with van der Waals surface area (Å²) in [6, 6.07) is 3.05. The van der Waals surface area contributed by atoms with E-state index in [2.05, 4.69) is 15.9 Å². The summed E-state index contributed by atoms with van der Waals surface area (Å²) >= 11 is 3.41. The Labute approximate surface area is 166 Å². The van der Waals surface area contributed by atoms with Crippen molar-refractivity contribution in [2.24, 2.45) is 11.8 Å². The van der Waals surface area contributed by atoms with Crippen LogP contribution in [-0.2, 0) is 30.9 Å². The number of methoxy groups -OCH3 is 1. The molecule has 4 rings (SSSR count). The number of halogens is 2. The van der Waals surface area contributed by atoms with E-state index in [1.54, 1.807) is 6.07 Å². The zero-order valence-electron chi connectivity index (χ0n) is 15.4. The molecule has 2 aliphatic carbocycles. The van der Waals surface area contributed by atoms with Gasteiger partial charge in [-0.05, 0) is 67.2 Å². The van der Waals surface area contributed by atoms with Crippen molar-refractivity contribution in [2.45, 2.75) is 48.8 Å². The molecule has 27 heavy (non-hydrogen) atoms. The standard InChI is InChI=1S/C21H24BrFO4/c1-26-20(25)18(22)15-4-5-16(23)14-3-2-13(12-6-10-27-11-7-12)19(24)21(8-9-21)17(14)15/h4-5,12-13,18H,2-3,6-11H2,1H3. The summed E-state index contributed by atoms with van der Waals surface area (Å²) in [6.45, 7) is 1.39. The molecular formula is C21H24BrFO4. The van der Waals surface area contributed by atoms with Crippen LogP contribution < -0.4 is 0 Å². The first-order chi connectivity index (χ1) is 13.0. The highest BCUT2D eigenvalue weighted by Gasteiger charge is 2.57. The highest BCUT2D eigenvalue weighted by atomic mass is 79.9. The number of alkyl halides is 1. The second-order valence-electron chi connectivity index (χ2n) is 7.92. The van der Waals surface area contributed by atoms with Crippen LogP contribution in [0.2, 0.25) is 0 Å². The molecule has 4 nitrogen and oxygen atoms in total. The number of hydrogen-bond acceptors (Lipinski definition) is 4. The van der Waals surface area contributed by atoms with Crippen molar-refractivity contribution in [3.8, 4) is 0 Å². The van der Waals surface area contributed by atoms with Gasteiger partial charge < -0.3 is 9.47 Å². The number of ether oxygens (including phenoxy) is 2. The highest BCUT2D eigenvalue weighted by Crippen LogP contribution is 2.57. The molecule has 0 bridgehead atoms. The summed E-state index contributed by atoms with van der Waals surface area (Å²) in [5.41, 5.74) is 1.40. The molecule has 1 aromatic carbocycles. The van der Waals surface area contributed by atoms with Crippen LogP contribution in [0.15, 0.2) is 12.1 Å². The molecule has 6 heteroatoms. The quantitative estimate of drug-likeness (QED) is 0.528. The number of Topliss-reactive ketones (excluding diaryl/α,β-unsaturated/α-hetero) is 1. The predicted octanol–water partition coefficient (Wildman–Crippen LogP) is 4.02. The van der Waals surface area contributed by atoms with Gasteiger partial charge >= 0.3 is 5.97 Å². The van der Waals surface area contributed by atoms with Gasteiger partial charge in [0.1, 0.15) is 16.4 Å². The van der Waals surface area contributed by atoms with E-state index in [-0.39, 0.29) is 17.5 Å². The molecule has 0 amide bonds. The Kier molecular flexibility index (Phi) is 5.14. The summed E-state index contributed by atoms with van der Waals surface area (Å²) in [6.07, 6.45) is 4.45. The number of esters is 1. The van der Waals surface area contributed by atoms with Crippen molar-refractivity contribution in [1.29, 1.82) is 0 Å². The van der Waals surface area contributed by atoms with Gasteiger partial charge in [0, 0.05) is 19.1 Å². The number of carbonyl (C=O) groups excluding carboxylic acids is 2. The average Bonchev–Trinajstić information content (AvgIpc) is 3.51. The van der Waals surface area contributed by atoms with E-state index in [4.69, 9.17) is 9.47 Å². The largest absolute Gasteiger partial charge is 0.468 e. The van der Waals surface area contributed by atoms with Crippen LogP contribution in [0.5, 0.6) is 0 Å². The Bertz CT molecular complexity index is 768. The van der Waals surface area contributed by atoms with Crippen molar-refractivity contribution >= 4 is 27.7 Å². The summed E-state index contributed by atoms with van der Waals surface area (Å²) in [7, 11) is 1.33. The maximum absolute atomic E-state index is 14.8. The van der Waals surface area contributed by atoms with E-state index < -0.39 is 16.2 Å². The molecule has 2 atom stereocenters. The molecule has 2 fully saturated rings. The lowest BCUT2D eigenvalue weighted by molar-refractivity contribution is -0.140. The fourth-order valence-corrected chi connectivity index (χ4v) is 5.56. The number of carbonyl (C=O) groups is 2. The summed E-state index contributed by atoms with van der Waals surface area (Å²) in [5.74, 6) is -0.209. The van der Waals surface area contributed by atoms with E-state index in [1.807, 2.05) is 0 Å². The minimum atomic E-state index is -0.693. The second kappa shape index (κ2) is 7.28. The van der Waals surface area contributed by atoms with Crippen molar-refractivity contribution in [2.75, 3.05) is 20.3 Å². The van der Waals surface area contributed by atoms with Gasteiger partial charge in [-0.3, -0.25) is 9.59 Å². The Balaban J connectivity index is 1.78. The van der Waals surface area contributed by atoms with Crippen LogP contribution >= 0.6 is 15.9 Å². The van der Waals surface area contributed by atoms with Crippen LogP contribution in [0.25, 0.3) is 0 Å². The fraction of sp³-hybridized carbons (Fsp3) is 0.619. The summed E-state index contributed by atoms with van der Waals surface area (Å²) < 4.78 is 25.1. The molecule has 146 valence electrons. The maximum atomic E-state index is 14.8. The average molecular weight is 439 g/mol. The molecule has 1 saturated heterocycles. The molecule has 0 radical (unpaired) electrons. The van der Waals surface area contributed by atoms with E-state index in [1.165, 1.54) is 13.2 Å². The van der Waals surface area contributed by atoms with Crippen molar-refractivity contribution in [3.63, 3.8) is 0 Å². The van der Waals surface area contributed by atoms with Crippen molar-refractivity contribution in [1.82, 2.24) is 0 Å². The minimum Gasteiger partial charge on any atom is -0.468 e. The van der Waals surface area contributed by atoms with Gasteiger partial charge in [0.15, 0.2) is 0 Å². The van der Waals surface area contributed by atoms with Crippen LogP contribution in [0, 0.1) is 17.7 Å². The van der Waals surface area contributed by atoms with Gasteiger partial charge in [-0.15, -0.1) is 0 Å². The molecule has 1 saturated carbocycles. The Morgan fingerprint density at radius 1 is 1.30 bits per heavy atom. The molecule has 2 unspecified atom stereocenters. The zero-order valence-corrected chi connectivity index (χ0v) is 17.0. The van der Waals surface area contributed by atoms with E-state index >= 15 is 0 Å². The predicted molar refractivity (Wildman–Crippen MR) is 101 cm³/mol. The van der Waals surface area contributed by atoms with Gasteiger partial charge in [-0.25, -0.2) is 4.39 Å². The summed E-state index contributed by atoms with van der Waals surface area (Å²) in [5, 5.41) is 0. The third-order valence-electron chi connectivity index (χ3n) is 6.55. The summed E-state index contributed by atoms with van der Waals surface area (Å²) in [4.78, 5) is 25.1. The normalized spacial score (nSPS) is 25.6. The van der Waals surface area contributed by atoms with E-state index in [9.17, 15) is 14.0 Å². The lowest BCUT2D eigenvalue weighted by Crippen LogP contribution is -2.35. The SMILES string of the molecule is COC(=O)C(Br)c1ccc(F)c2c1C1(CC1)C(=O)C(C1CCOCC1)CC2. The monoisotopic (exact) mass is 438 g/mol.